The number of aryl methyl sites for hydroxylation is 1. The average Bonchev–Trinajstić information content (AvgIpc) is 2.73. The summed E-state index contributed by atoms with van der Waals surface area (Å²) in [7, 11) is 1.88. The standard InChI is InChI=1S/C22H26N6O/c1-4-15-6-7-24-12-18(15)20-10-16-11-21(25-13-19(16)22(23)27-20)26-17(5-2)14-28(3)8-9-29/h5-7,10-14,29H,2,4,8-9H2,1,3H3,(H2,23,27)(H,25,26)/b17-14+. The van der Waals surface area contributed by atoms with Crippen LogP contribution in [0.3, 0.4) is 0 Å². The van der Waals surface area contributed by atoms with Gasteiger partial charge >= 0.3 is 0 Å². The van der Waals surface area contributed by atoms with Gasteiger partial charge in [0.15, 0.2) is 0 Å². The van der Waals surface area contributed by atoms with Crippen LogP contribution in [-0.4, -0.2) is 45.2 Å². The molecule has 0 saturated heterocycles. The van der Waals surface area contributed by atoms with Gasteiger partial charge in [-0.2, -0.15) is 0 Å². The molecule has 0 fully saturated rings. The molecular weight excluding hydrogens is 364 g/mol. The minimum absolute atomic E-state index is 0.0782. The summed E-state index contributed by atoms with van der Waals surface area (Å²) < 4.78 is 0. The molecule has 3 aromatic heterocycles. The Labute approximate surface area is 170 Å². The first kappa shape index (κ1) is 20.3. The molecule has 3 heterocycles. The van der Waals surface area contributed by atoms with Gasteiger partial charge in [-0.25, -0.2) is 9.97 Å². The Morgan fingerprint density at radius 2 is 2.17 bits per heavy atom. The topological polar surface area (TPSA) is 100 Å². The van der Waals surface area contributed by atoms with E-state index in [4.69, 9.17) is 10.8 Å². The number of fused-ring (bicyclic) bond motifs is 1. The zero-order chi connectivity index (χ0) is 20.8. The number of aliphatic hydroxyl groups is 1. The maximum Gasteiger partial charge on any atom is 0.133 e. The Balaban J connectivity index is 1.99. The van der Waals surface area contributed by atoms with Crippen molar-refractivity contribution in [1.29, 1.82) is 0 Å². The number of nitrogens with zero attached hydrogens (tertiary/aromatic N) is 4. The lowest BCUT2D eigenvalue weighted by Gasteiger charge is -2.15. The minimum atomic E-state index is 0.0782. The Bertz CT molecular complexity index is 1050. The van der Waals surface area contributed by atoms with Gasteiger partial charge in [-0.3, -0.25) is 4.98 Å². The van der Waals surface area contributed by atoms with Gasteiger partial charge < -0.3 is 21.1 Å². The fraction of sp³-hybridized carbons (Fsp3) is 0.227. The molecule has 4 N–H and O–H groups in total. The molecule has 150 valence electrons. The molecule has 0 aromatic carbocycles. The first-order valence-electron chi connectivity index (χ1n) is 9.47. The summed E-state index contributed by atoms with van der Waals surface area (Å²) in [5, 5.41) is 14.0. The van der Waals surface area contributed by atoms with Crippen molar-refractivity contribution >= 4 is 22.4 Å². The lowest BCUT2D eigenvalue weighted by atomic mass is 10.0. The van der Waals surface area contributed by atoms with Crippen molar-refractivity contribution in [2.45, 2.75) is 13.3 Å². The highest BCUT2D eigenvalue weighted by atomic mass is 16.3. The Hall–Kier alpha value is -3.45. The van der Waals surface area contributed by atoms with Crippen molar-refractivity contribution in [2.75, 3.05) is 31.2 Å². The van der Waals surface area contributed by atoms with E-state index in [9.17, 15) is 0 Å². The summed E-state index contributed by atoms with van der Waals surface area (Å²) in [5.41, 5.74) is 9.93. The molecule has 0 saturated carbocycles. The highest BCUT2D eigenvalue weighted by Crippen LogP contribution is 2.29. The molecule has 0 spiro atoms. The summed E-state index contributed by atoms with van der Waals surface area (Å²) >= 11 is 0. The Kier molecular flexibility index (Phi) is 6.41. The third-order valence-electron chi connectivity index (χ3n) is 4.62. The summed E-state index contributed by atoms with van der Waals surface area (Å²) in [4.78, 5) is 15.1. The second kappa shape index (κ2) is 9.16. The van der Waals surface area contributed by atoms with E-state index in [0.717, 1.165) is 34.1 Å². The van der Waals surface area contributed by atoms with Gasteiger partial charge in [0.1, 0.15) is 11.6 Å². The number of nitrogens with one attached hydrogen (secondary N) is 1. The number of nitrogens with two attached hydrogens (primary N) is 1. The lowest BCUT2D eigenvalue weighted by Crippen LogP contribution is -2.17. The zero-order valence-corrected chi connectivity index (χ0v) is 16.8. The number of allylic oxidation sites excluding steroid dienone is 1. The van der Waals surface area contributed by atoms with E-state index in [1.54, 1.807) is 18.5 Å². The van der Waals surface area contributed by atoms with Crippen LogP contribution in [0.15, 0.2) is 61.3 Å². The van der Waals surface area contributed by atoms with Crippen LogP contribution in [0.25, 0.3) is 22.0 Å². The Morgan fingerprint density at radius 1 is 1.34 bits per heavy atom. The van der Waals surface area contributed by atoms with E-state index < -0.39 is 0 Å². The molecule has 0 unspecified atom stereocenters. The van der Waals surface area contributed by atoms with Crippen molar-refractivity contribution in [3.63, 3.8) is 0 Å². The van der Waals surface area contributed by atoms with E-state index in [2.05, 4.69) is 33.8 Å². The van der Waals surface area contributed by atoms with Gasteiger partial charge in [0.2, 0.25) is 0 Å². The average molecular weight is 390 g/mol. The second-order valence-corrected chi connectivity index (χ2v) is 6.69. The first-order chi connectivity index (χ1) is 14.0. The minimum Gasteiger partial charge on any atom is -0.395 e. The molecule has 3 rings (SSSR count). The molecule has 0 atom stereocenters. The summed E-state index contributed by atoms with van der Waals surface area (Å²) in [6.45, 7) is 6.54. The molecule has 0 aliphatic carbocycles. The van der Waals surface area contributed by atoms with Crippen LogP contribution >= 0.6 is 0 Å². The van der Waals surface area contributed by atoms with E-state index in [-0.39, 0.29) is 6.61 Å². The third-order valence-corrected chi connectivity index (χ3v) is 4.62. The van der Waals surface area contributed by atoms with Gasteiger partial charge in [-0.15, -0.1) is 0 Å². The molecular formula is C22H26N6O. The van der Waals surface area contributed by atoms with Crippen LogP contribution in [0.5, 0.6) is 0 Å². The zero-order valence-electron chi connectivity index (χ0n) is 16.8. The Morgan fingerprint density at radius 3 is 2.90 bits per heavy atom. The molecule has 29 heavy (non-hydrogen) atoms. The molecule has 0 aliphatic heterocycles. The molecule has 7 heteroatoms. The molecule has 3 aromatic rings. The number of aliphatic hydroxyl groups excluding tert-OH is 1. The van der Waals surface area contributed by atoms with Gasteiger partial charge in [-0.05, 0) is 41.6 Å². The smallest absolute Gasteiger partial charge is 0.133 e. The molecule has 0 radical (unpaired) electrons. The van der Waals surface area contributed by atoms with Gasteiger partial charge in [-0.1, -0.05) is 13.5 Å². The summed E-state index contributed by atoms with van der Waals surface area (Å²) in [6, 6.07) is 5.94. The predicted octanol–water partition coefficient (Wildman–Crippen LogP) is 3.20. The van der Waals surface area contributed by atoms with E-state index in [1.165, 1.54) is 5.56 Å². The van der Waals surface area contributed by atoms with Crippen molar-refractivity contribution in [2.24, 2.45) is 0 Å². The van der Waals surface area contributed by atoms with Crippen molar-refractivity contribution < 1.29 is 5.11 Å². The SMILES string of the molecule is C=C/C(=C\N(C)CCO)Nc1cc2cc(-c3cnccc3CC)nc(N)c2cn1. The van der Waals surface area contributed by atoms with Gasteiger partial charge in [0, 0.05) is 49.3 Å². The number of likely N-dealkylation sites (N-methyl/N-ethyl adjacent to an activating group) is 1. The van der Waals surface area contributed by atoms with E-state index in [0.29, 0.717) is 18.2 Å². The highest BCUT2D eigenvalue weighted by Gasteiger charge is 2.10. The van der Waals surface area contributed by atoms with Gasteiger partial charge in [0.05, 0.1) is 18.0 Å². The van der Waals surface area contributed by atoms with Crippen LogP contribution in [-0.2, 0) is 6.42 Å². The monoisotopic (exact) mass is 390 g/mol. The van der Waals surface area contributed by atoms with Crippen molar-refractivity contribution in [3.8, 4) is 11.3 Å². The first-order valence-corrected chi connectivity index (χ1v) is 9.47. The second-order valence-electron chi connectivity index (χ2n) is 6.69. The number of anilines is 2. The van der Waals surface area contributed by atoms with Crippen LogP contribution in [0.4, 0.5) is 11.6 Å². The molecule has 0 bridgehead atoms. The summed E-state index contributed by atoms with van der Waals surface area (Å²) in [6.07, 6.45) is 9.78. The van der Waals surface area contributed by atoms with Crippen LogP contribution in [0.2, 0.25) is 0 Å². The van der Waals surface area contributed by atoms with Crippen molar-refractivity contribution in [1.82, 2.24) is 19.9 Å². The predicted molar refractivity (Wildman–Crippen MR) is 118 cm³/mol. The number of rotatable bonds is 8. The normalized spacial score (nSPS) is 11.5. The number of aromatic nitrogens is 3. The molecule has 0 aliphatic rings. The van der Waals surface area contributed by atoms with Crippen LogP contribution in [0, 0.1) is 0 Å². The maximum absolute atomic E-state index is 9.06. The fourth-order valence-electron chi connectivity index (χ4n) is 3.09. The van der Waals surface area contributed by atoms with Crippen molar-refractivity contribution in [3.05, 3.63) is 66.9 Å². The van der Waals surface area contributed by atoms with E-state index in [1.807, 2.05) is 42.5 Å². The third kappa shape index (κ3) is 4.70. The molecule has 7 nitrogen and oxygen atoms in total. The van der Waals surface area contributed by atoms with Gasteiger partial charge in [0.25, 0.3) is 0 Å². The van der Waals surface area contributed by atoms with Crippen LogP contribution < -0.4 is 11.1 Å². The number of pyridine rings is 3. The largest absolute Gasteiger partial charge is 0.395 e. The lowest BCUT2D eigenvalue weighted by molar-refractivity contribution is 0.254. The number of hydrogen-bond acceptors (Lipinski definition) is 7. The fourth-order valence-corrected chi connectivity index (χ4v) is 3.09. The van der Waals surface area contributed by atoms with Crippen LogP contribution in [0.1, 0.15) is 12.5 Å². The number of hydrogen-bond donors (Lipinski definition) is 3. The highest BCUT2D eigenvalue weighted by molar-refractivity contribution is 5.94. The quantitative estimate of drug-likeness (QED) is 0.508. The summed E-state index contributed by atoms with van der Waals surface area (Å²) in [5.74, 6) is 1.10. The number of nitrogen functional groups attached to an aromatic ring is 1. The molecule has 0 amide bonds. The van der Waals surface area contributed by atoms with E-state index >= 15 is 0 Å². The maximum atomic E-state index is 9.06.